The van der Waals surface area contributed by atoms with Crippen molar-refractivity contribution >= 4 is 21.7 Å². The molecule has 5 N–H and O–H groups in total. The number of aromatic nitrogens is 1. The number of hydrogen-bond donors (Lipinski definition) is 4. The Kier molecular flexibility index (Phi) is 4.27. The Bertz CT molecular complexity index is 298. The topological polar surface area (TPSA) is 91.4 Å². The van der Waals surface area contributed by atoms with Gasteiger partial charge < -0.3 is 15.6 Å². The lowest BCUT2D eigenvalue weighted by Crippen LogP contribution is -2.21. The standard InChI is InChI=1S/C8H12BrN3O2/c9-4-6(13)8(14)5-2-1-3-7(11-5)12-10/h1-3,6,8,13-14H,4,10H2,(H,11,12). The smallest absolute Gasteiger partial charge is 0.140 e. The SMILES string of the molecule is NNc1cccc(C(O)C(O)CBr)n1. The van der Waals surface area contributed by atoms with Gasteiger partial charge >= 0.3 is 0 Å². The molecule has 2 unspecified atom stereocenters. The highest BCUT2D eigenvalue weighted by molar-refractivity contribution is 9.09. The van der Waals surface area contributed by atoms with E-state index in [0.717, 1.165) is 0 Å². The molecule has 6 heteroatoms. The van der Waals surface area contributed by atoms with Crippen LogP contribution in [-0.2, 0) is 0 Å². The first-order valence-corrected chi connectivity index (χ1v) is 5.17. The second kappa shape index (κ2) is 5.26. The monoisotopic (exact) mass is 261 g/mol. The molecule has 1 heterocycles. The van der Waals surface area contributed by atoms with Crippen LogP contribution in [0.4, 0.5) is 5.82 Å². The molecule has 0 fully saturated rings. The maximum Gasteiger partial charge on any atom is 0.140 e. The zero-order chi connectivity index (χ0) is 10.6. The quantitative estimate of drug-likeness (QED) is 0.352. The minimum Gasteiger partial charge on any atom is -0.389 e. The summed E-state index contributed by atoms with van der Waals surface area (Å²) in [5.74, 6) is 5.61. The average molecular weight is 262 g/mol. The third-order valence-corrected chi connectivity index (χ3v) is 2.41. The van der Waals surface area contributed by atoms with Crippen LogP contribution in [0.2, 0.25) is 0 Å². The summed E-state index contributed by atoms with van der Waals surface area (Å²) in [6.07, 6.45) is -1.89. The van der Waals surface area contributed by atoms with Crippen LogP contribution in [0.25, 0.3) is 0 Å². The fraction of sp³-hybridized carbons (Fsp3) is 0.375. The first-order chi connectivity index (χ1) is 6.69. The largest absolute Gasteiger partial charge is 0.389 e. The van der Waals surface area contributed by atoms with Gasteiger partial charge in [0.25, 0.3) is 0 Å². The Hall–Kier alpha value is -0.690. The number of hydrogen-bond acceptors (Lipinski definition) is 5. The van der Waals surface area contributed by atoms with Crippen LogP contribution < -0.4 is 11.3 Å². The van der Waals surface area contributed by atoms with Gasteiger partial charge in [0, 0.05) is 5.33 Å². The molecule has 1 rings (SSSR count). The molecule has 0 radical (unpaired) electrons. The van der Waals surface area contributed by atoms with Gasteiger partial charge in [0.1, 0.15) is 11.9 Å². The molecule has 14 heavy (non-hydrogen) atoms. The number of rotatable bonds is 4. The normalized spacial score (nSPS) is 14.9. The third-order valence-electron chi connectivity index (χ3n) is 1.74. The van der Waals surface area contributed by atoms with Crippen molar-refractivity contribution in [2.75, 3.05) is 10.8 Å². The molecule has 0 spiro atoms. The van der Waals surface area contributed by atoms with Crippen molar-refractivity contribution in [2.24, 2.45) is 5.84 Å². The highest BCUT2D eigenvalue weighted by atomic mass is 79.9. The summed E-state index contributed by atoms with van der Waals surface area (Å²) in [4.78, 5) is 3.99. The predicted molar refractivity (Wildman–Crippen MR) is 56.8 cm³/mol. The third kappa shape index (κ3) is 2.65. The number of nitrogens with one attached hydrogen (secondary N) is 1. The highest BCUT2D eigenvalue weighted by Gasteiger charge is 2.18. The van der Waals surface area contributed by atoms with Gasteiger partial charge in [0.05, 0.1) is 11.8 Å². The minimum absolute atomic E-state index is 0.288. The van der Waals surface area contributed by atoms with E-state index in [9.17, 15) is 10.2 Å². The zero-order valence-corrected chi connectivity index (χ0v) is 8.98. The zero-order valence-electron chi connectivity index (χ0n) is 7.39. The lowest BCUT2D eigenvalue weighted by molar-refractivity contribution is 0.0316. The maximum absolute atomic E-state index is 9.60. The van der Waals surface area contributed by atoms with E-state index in [-0.39, 0.29) is 5.33 Å². The van der Waals surface area contributed by atoms with Crippen molar-refractivity contribution in [3.05, 3.63) is 23.9 Å². The summed E-state index contributed by atoms with van der Waals surface area (Å²) in [6, 6.07) is 4.98. The molecule has 0 aliphatic rings. The maximum atomic E-state index is 9.60. The Morgan fingerprint density at radius 1 is 1.50 bits per heavy atom. The second-order valence-corrected chi connectivity index (χ2v) is 3.41. The predicted octanol–water partition coefficient (Wildman–Crippen LogP) is 0.156. The van der Waals surface area contributed by atoms with Gasteiger partial charge in [-0.2, -0.15) is 0 Å². The van der Waals surface area contributed by atoms with E-state index in [2.05, 4.69) is 26.3 Å². The number of halogens is 1. The molecule has 0 aromatic carbocycles. The summed E-state index contributed by atoms with van der Waals surface area (Å²) in [7, 11) is 0. The first kappa shape index (κ1) is 11.4. The minimum atomic E-state index is -1.01. The van der Waals surface area contributed by atoms with Crippen molar-refractivity contribution in [2.45, 2.75) is 12.2 Å². The lowest BCUT2D eigenvalue weighted by atomic mass is 10.1. The van der Waals surface area contributed by atoms with Crippen LogP contribution in [0.1, 0.15) is 11.8 Å². The number of nitrogen functional groups attached to an aromatic ring is 1. The van der Waals surface area contributed by atoms with Crippen LogP contribution in [0.5, 0.6) is 0 Å². The molecule has 1 aromatic heterocycles. The Labute approximate surface area is 90.1 Å². The Balaban J connectivity index is 2.83. The van der Waals surface area contributed by atoms with E-state index in [1.54, 1.807) is 18.2 Å². The van der Waals surface area contributed by atoms with Crippen molar-refractivity contribution in [3.63, 3.8) is 0 Å². The van der Waals surface area contributed by atoms with Gasteiger partial charge in [-0.25, -0.2) is 10.8 Å². The molecular weight excluding hydrogens is 250 g/mol. The molecule has 0 saturated heterocycles. The summed E-state index contributed by atoms with van der Waals surface area (Å²) in [5.41, 5.74) is 2.75. The van der Waals surface area contributed by atoms with Crippen LogP contribution in [-0.4, -0.2) is 26.6 Å². The first-order valence-electron chi connectivity index (χ1n) is 4.04. The Morgan fingerprint density at radius 3 is 2.79 bits per heavy atom. The number of aliphatic hydroxyl groups is 2. The number of anilines is 1. The van der Waals surface area contributed by atoms with Crippen molar-refractivity contribution in [1.82, 2.24) is 4.98 Å². The summed E-state index contributed by atoms with van der Waals surface area (Å²) in [6.45, 7) is 0. The van der Waals surface area contributed by atoms with Crippen LogP contribution in [0.15, 0.2) is 18.2 Å². The van der Waals surface area contributed by atoms with Gasteiger partial charge in [0.2, 0.25) is 0 Å². The van der Waals surface area contributed by atoms with Crippen LogP contribution in [0.3, 0.4) is 0 Å². The van der Waals surface area contributed by atoms with Gasteiger partial charge in [0.15, 0.2) is 0 Å². The van der Waals surface area contributed by atoms with Gasteiger partial charge in [-0.1, -0.05) is 22.0 Å². The molecule has 0 aliphatic carbocycles. The summed E-state index contributed by atoms with van der Waals surface area (Å²) in [5, 5.41) is 19.2. The summed E-state index contributed by atoms with van der Waals surface area (Å²) < 4.78 is 0. The molecule has 78 valence electrons. The van der Waals surface area contributed by atoms with E-state index in [1.807, 2.05) is 0 Å². The molecular formula is C8H12BrN3O2. The number of alkyl halides is 1. The molecule has 1 aromatic rings. The van der Waals surface area contributed by atoms with E-state index >= 15 is 0 Å². The van der Waals surface area contributed by atoms with Gasteiger partial charge in [-0.15, -0.1) is 0 Å². The second-order valence-electron chi connectivity index (χ2n) is 2.76. The van der Waals surface area contributed by atoms with Gasteiger partial charge in [-0.3, -0.25) is 0 Å². The fourth-order valence-corrected chi connectivity index (χ4v) is 1.33. The number of pyridine rings is 1. The van der Waals surface area contributed by atoms with E-state index in [0.29, 0.717) is 11.5 Å². The molecule has 0 aliphatic heterocycles. The molecule has 5 nitrogen and oxygen atoms in total. The fourth-order valence-electron chi connectivity index (χ4n) is 0.978. The average Bonchev–Trinajstić information content (AvgIpc) is 2.27. The van der Waals surface area contributed by atoms with Crippen molar-refractivity contribution in [3.8, 4) is 0 Å². The molecule has 0 bridgehead atoms. The summed E-state index contributed by atoms with van der Waals surface area (Å²) >= 11 is 3.07. The van der Waals surface area contributed by atoms with Gasteiger partial charge in [-0.05, 0) is 12.1 Å². The van der Waals surface area contributed by atoms with E-state index in [4.69, 9.17) is 5.84 Å². The molecule has 2 atom stereocenters. The highest BCUT2D eigenvalue weighted by Crippen LogP contribution is 2.17. The van der Waals surface area contributed by atoms with Crippen LogP contribution >= 0.6 is 15.9 Å². The van der Waals surface area contributed by atoms with E-state index in [1.165, 1.54) is 0 Å². The molecule has 0 amide bonds. The van der Waals surface area contributed by atoms with E-state index < -0.39 is 12.2 Å². The number of hydrazine groups is 1. The molecule has 0 saturated carbocycles. The van der Waals surface area contributed by atoms with Crippen LogP contribution in [0, 0.1) is 0 Å². The van der Waals surface area contributed by atoms with Crippen molar-refractivity contribution in [1.29, 1.82) is 0 Å². The lowest BCUT2D eigenvalue weighted by Gasteiger charge is -2.15. The number of nitrogens with zero attached hydrogens (tertiary/aromatic N) is 1. The number of nitrogens with two attached hydrogens (primary N) is 1. The van der Waals surface area contributed by atoms with Crippen molar-refractivity contribution < 1.29 is 10.2 Å². The Morgan fingerprint density at radius 2 is 2.21 bits per heavy atom. The number of aliphatic hydroxyl groups excluding tert-OH is 2.